The van der Waals surface area contributed by atoms with Gasteiger partial charge in [-0.3, -0.25) is 4.72 Å². The Hall–Kier alpha value is -2.86. The molecule has 1 aromatic heterocycles. The number of benzene rings is 2. The number of aromatic nitrogens is 1. The summed E-state index contributed by atoms with van der Waals surface area (Å²) in [5, 5.41) is 3.19. The Morgan fingerprint density at radius 1 is 0.846 bits per heavy atom. The van der Waals surface area contributed by atoms with Gasteiger partial charge in [0.05, 0.1) is 16.8 Å². The Morgan fingerprint density at radius 3 is 2.27 bits per heavy atom. The highest BCUT2D eigenvalue weighted by molar-refractivity contribution is 7.92. The summed E-state index contributed by atoms with van der Waals surface area (Å²) in [5.41, 5.74) is 4.23. The van der Waals surface area contributed by atoms with Gasteiger partial charge in [-0.2, -0.15) is 0 Å². The Balaban J connectivity index is 1.76. The molecule has 0 saturated heterocycles. The highest BCUT2D eigenvalue weighted by atomic mass is 32.2. The Kier molecular flexibility index (Phi) is 4.95. The van der Waals surface area contributed by atoms with Crippen molar-refractivity contribution in [2.75, 3.05) is 10.0 Å². The molecule has 3 aromatic rings. The Bertz CT molecular complexity index is 1030. The molecule has 3 rings (SSSR count). The van der Waals surface area contributed by atoms with E-state index in [9.17, 15) is 8.42 Å². The molecule has 26 heavy (non-hydrogen) atoms. The summed E-state index contributed by atoms with van der Waals surface area (Å²) >= 11 is 0. The second-order valence-corrected chi connectivity index (χ2v) is 7.95. The fourth-order valence-corrected chi connectivity index (χ4v) is 3.98. The fraction of sp³-hybridized carbons (Fsp3) is 0.150. The van der Waals surface area contributed by atoms with Gasteiger partial charge in [0.15, 0.2) is 0 Å². The standard InChI is InChI=1S/C20H21N3O2S/c1-14-5-4-6-17(12-14)22-20-10-8-18(13-21-20)23-26(24,25)19-9-7-15(2)11-16(19)3/h4-13,23H,1-3H3,(H,21,22). The van der Waals surface area contributed by atoms with Gasteiger partial charge in [-0.25, -0.2) is 13.4 Å². The van der Waals surface area contributed by atoms with Gasteiger partial charge in [-0.15, -0.1) is 0 Å². The number of pyridine rings is 1. The van der Waals surface area contributed by atoms with Crippen molar-refractivity contribution in [2.24, 2.45) is 0 Å². The van der Waals surface area contributed by atoms with Crippen molar-refractivity contribution in [3.63, 3.8) is 0 Å². The van der Waals surface area contributed by atoms with Crippen molar-refractivity contribution >= 4 is 27.2 Å². The average Bonchev–Trinajstić information content (AvgIpc) is 2.56. The zero-order valence-corrected chi connectivity index (χ0v) is 15.8. The van der Waals surface area contributed by atoms with E-state index in [0.717, 1.165) is 16.8 Å². The van der Waals surface area contributed by atoms with Crippen molar-refractivity contribution in [1.29, 1.82) is 0 Å². The van der Waals surface area contributed by atoms with Crippen LogP contribution in [0, 0.1) is 20.8 Å². The third kappa shape index (κ3) is 4.21. The van der Waals surface area contributed by atoms with Gasteiger partial charge in [0.25, 0.3) is 10.0 Å². The van der Waals surface area contributed by atoms with Crippen LogP contribution in [0.3, 0.4) is 0 Å². The topological polar surface area (TPSA) is 71.1 Å². The van der Waals surface area contributed by atoms with Crippen LogP contribution < -0.4 is 10.0 Å². The maximum absolute atomic E-state index is 12.6. The van der Waals surface area contributed by atoms with Crippen LogP contribution in [0.4, 0.5) is 17.2 Å². The quantitative estimate of drug-likeness (QED) is 0.694. The molecule has 5 nitrogen and oxygen atoms in total. The van der Waals surface area contributed by atoms with E-state index in [1.807, 2.05) is 44.2 Å². The number of nitrogens with zero attached hydrogens (tertiary/aromatic N) is 1. The second-order valence-electron chi connectivity index (χ2n) is 6.30. The number of sulfonamides is 1. The highest BCUT2D eigenvalue weighted by Crippen LogP contribution is 2.21. The normalized spacial score (nSPS) is 11.2. The zero-order valence-electron chi connectivity index (χ0n) is 14.9. The van der Waals surface area contributed by atoms with Crippen LogP contribution in [0.1, 0.15) is 16.7 Å². The average molecular weight is 367 g/mol. The van der Waals surface area contributed by atoms with Crippen molar-refractivity contribution in [2.45, 2.75) is 25.7 Å². The lowest BCUT2D eigenvalue weighted by molar-refractivity contribution is 0.600. The summed E-state index contributed by atoms with van der Waals surface area (Å²) in [4.78, 5) is 4.55. The van der Waals surface area contributed by atoms with E-state index < -0.39 is 10.0 Å². The fourth-order valence-electron chi connectivity index (χ4n) is 2.71. The summed E-state index contributed by atoms with van der Waals surface area (Å²) in [5.74, 6) is 0.644. The minimum atomic E-state index is -3.65. The Morgan fingerprint density at radius 2 is 1.62 bits per heavy atom. The van der Waals surface area contributed by atoms with Gasteiger partial charge in [0.1, 0.15) is 5.82 Å². The number of hydrogen-bond donors (Lipinski definition) is 2. The third-order valence-electron chi connectivity index (χ3n) is 3.93. The van der Waals surface area contributed by atoms with Crippen molar-refractivity contribution in [1.82, 2.24) is 4.98 Å². The molecule has 0 fully saturated rings. The molecule has 0 unspecified atom stereocenters. The molecule has 1 heterocycles. The highest BCUT2D eigenvalue weighted by Gasteiger charge is 2.17. The van der Waals surface area contributed by atoms with Crippen LogP contribution in [0.25, 0.3) is 0 Å². The molecule has 0 amide bonds. The van der Waals surface area contributed by atoms with E-state index in [-0.39, 0.29) is 4.90 Å². The van der Waals surface area contributed by atoms with E-state index in [1.165, 1.54) is 6.20 Å². The molecule has 0 aliphatic rings. The predicted molar refractivity (Wildman–Crippen MR) is 105 cm³/mol. The first-order valence-corrected chi connectivity index (χ1v) is 9.72. The number of nitrogens with one attached hydrogen (secondary N) is 2. The van der Waals surface area contributed by atoms with Gasteiger partial charge in [-0.05, 0) is 62.2 Å². The summed E-state index contributed by atoms with van der Waals surface area (Å²) in [7, 11) is -3.65. The monoisotopic (exact) mass is 367 g/mol. The van der Waals surface area contributed by atoms with Crippen LogP contribution in [0.5, 0.6) is 0 Å². The summed E-state index contributed by atoms with van der Waals surface area (Å²) in [6.45, 7) is 5.74. The van der Waals surface area contributed by atoms with Gasteiger partial charge in [0, 0.05) is 5.69 Å². The molecule has 2 N–H and O–H groups in total. The van der Waals surface area contributed by atoms with E-state index in [2.05, 4.69) is 15.0 Å². The van der Waals surface area contributed by atoms with Crippen molar-refractivity contribution < 1.29 is 8.42 Å². The second kappa shape index (κ2) is 7.17. The molecule has 0 atom stereocenters. The maximum Gasteiger partial charge on any atom is 0.262 e. The van der Waals surface area contributed by atoms with Crippen LogP contribution in [-0.2, 0) is 10.0 Å². The molecule has 6 heteroatoms. The zero-order chi connectivity index (χ0) is 18.7. The largest absolute Gasteiger partial charge is 0.340 e. The number of aryl methyl sites for hydroxylation is 3. The van der Waals surface area contributed by atoms with Gasteiger partial charge >= 0.3 is 0 Å². The molecular formula is C20H21N3O2S. The number of hydrogen-bond acceptors (Lipinski definition) is 4. The molecular weight excluding hydrogens is 346 g/mol. The van der Waals surface area contributed by atoms with Crippen molar-refractivity contribution in [3.8, 4) is 0 Å². The van der Waals surface area contributed by atoms with Gasteiger partial charge in [-0.1, -0.05) is 29.8 Å². The first-order chi connectivity index (χ1) is 12.3. The minimum Gasteiger partial charge on any atom is -0.340 e. The Labute approximate surface area is 154 Å². The van der Waals surface area contributed by atoms with Crippen LogP contribution in [0.2, 0.25) is 0 Å². The smallest absolute Gasteiger partial charge is 0.262 e. The minimum absolute atomic E-state index is 0.269. The van der Waals surface area contributed by atoms with Gasteiger partial charge < -0.3 is 5.32 Å². The first kappa shape index (κ1) is 17.9. The molecule has 0 spiro atoms. The SMILES string of the molecule is Cc1cccc(Nc2ccc(NS(=O)(=O)c3ccc(C)cc3C)cn2)c1. The summed E-state index contributed by atoms with van der Waals surface area (Å²) < 4.78 is 27.8. The van der Waals surface area contributed by atoms with Crippen molar-refractivity contribution in [3.05, 3.63) is 77.5 Å². The van der Waals surface area contributed by atoms with Crippen LogP contribution in [0.15, 0.2) is 65.7 Å². The van der Waals surface area contributed by atoms with E-state index in [4.69, 9.17) is 0 Å². The summed E-state index contributed by atoms with van der Waals surface area (Å²) in [6, 6.07) is 16.6. The lowest BCUT2D eigenvalue weighted by Crippen LogP contribution is -2.14. The van der Waals surface area contributed by atoms with Gasteiger partial charge in [0.2, 0.25) is 0 Å². The lowest BCUT2D eigenvalue weighted by Gasteiger charge is -2.11. The molecule has 0 aliphatic carbocycles. The number of anilines is 3. The van der Waals surface area contributed by atoms with Crippen LogP contribution >= 0.6 is 0 Å². The molecule has 0 aliphatic heterocycles. The molecule has 0 saturated carbocycles. The third-order valence-corrected chi connectivity index (χ3v) is 5.47. The maximum atomic E-state index is 12.6. The lowest BCUT2D eigenvalue weighted by atomic mass is 10.2. The molecule has 2 aromatic carbocycles. The van der Waals surface area contributed by atoms with E-state index >= 15 is 0 Å². The van der Waals surface area contributed by atoms with E-state index in [0.29, 0.717) is 17.1 Å². The molecule has 0 radical (unpaired) electrons. The molecule has 0 bridgehead atoms. The van der Waals surface area contributed by atoms with E-state index in [1.54, 1.807) is 31.2 Å². The first-order valence-electron chi connectivity index (χ1n) is 8.23. The predicted octanol–water partition coefficient (Wildman–Crippen LogP) is 4.55. The number of rotatable bonds is 5. The summed E-state index contributed by atoms with van der Waals surface area (Å²) in [6.07, 6.45) is 1.50. The molecule has 134 valence electrons. The van der Waals surface area contributed by atoms with Crippen LogP contribution in [-0.4, -0.2) is 13.4 Å².